The molecule has 1 aromatic heterocycles. The summed E-state index contributed by atoms with van der Waals surface area (Å²) in [7, 11) is 0. The molecule has 0 spiro atoms. The molecule has 1 rings (SSSR count). The van der Waals surface area contributed by atoms with Gasteiger partial charge < -0.3 is 0 Å². The van der Waals surface area contributed by atoms with Crippen molar-refractivity contribution >= 4 is 14.5 Å². The molecule has 2 heteroatoms. The Bertz CT molecular complexity index is 219. The molecule has 0 fully saturated rings. The summed E-state index contributed by atoms with van der Waals surface area (Å²) in [5.41, 5.74) is 0.866. The van der Waals surface area contributed by atoms with E-state index in [0.29, 0.717) is 14.5 Å². The summed E-state index contributed by atoms with van der Waals surface area (Å²) in [6.45, 7) is 2.01. The maximum absolute atomic E-state index is 8.39. The van der Waals surface area contributed by atoms with Gasteiger partial charge in [0.15, 0.2) is 0 Å². The van der Waals surface area contributed by atoms with E-state index in [4.69, 9.17) is 5.26 Å². The van der Waals surface area contributed by atoms with Gasteiger partial charge in [-0.25, -0.2) is 0 Å². The molecule has 0 saturated carbocycles. The van der Waals surface area contributed by atoms with Crippen LogP contribution >= 0.6 is 0 Å². The fraction of sp³-hybridized carbons (Fsp3) is 0.167. The first-order chi connectivity index (χ1) is 3.84. The number of hydrogen-bond donors (Lipinski definition) is 0. The average molecular weight is 170 g/mol. The van der Waals surface area contributed by atoms with Crippen LogP contribution in [0.3, 0.4) is 0 Å². The van der Waals surface area contributed by atoms with Gasteiger partial charge in [0.2, 0.25) is 0 Å². The predicted molar refractivity (Wildman–Crippen MR) is 32.8 cm³/mol. The van der Waals surface area contributed by atoms with Crippen molar-refractivity contribution in [1.29, 1.82) is 5.26 Å². The van der Waals surface area contributed by atoms with E-state index in [0.717, 1.165) is 5.56 Å². The summed E-state index contributed by atoms with van der Waals surface area (Å²) >= 11 is 0.477. The van der Waals surface area contributed by atoms with E-state index in [1.807, 2.05) is 13.0 Å². The van der Waals surface area contributed by atoms with Crippen molar-refractivity contribution in [3.63, 3.8) is 0 Å². The summed E-state index contributed by atoms with van der Waals surface area (Å²) in [6.07, 6.45) is 0. The van der Waals surface area contributed by atoms with Gasteiger partial charge in [-0.15, -0.1) is 0 Å². The number of hydrogen-bond acceptors (Lipinski definition) is 1. The van der Waals surface area contributed by atoms with Crippen molar-refractivity contribution in [1.82, 2.24) is 0 Å². The van der Waals surface area contributed by atoms with Gasteiger partial charge in [0.25, 0.3) is 0 Å². The van der Waals surface area contributed by atoms with Gasteiger partial charge in [-0.1, -0.05) is 0 Å². The molecule has 1 heterocycles. The van der Waals surface area contributed by atoms with Crippen molar-refractivity contribution < 1.29 is 0 Å². The first-order valence-electron chi connectivity index (χ1n) is 2.29. The van der Waals surface area contributed by atoms with Crippen LogP contribution < -0.4 is 0 Å². The average Bonchev–Trinajstić information content (AvgIpc) is 2.14. The van der Waals surface area contributed by atoms with Crippen LogP contribution in [-0.4, -0.2) is 14.5 Å². The first kappa shape index (κ1) is 5.62. The van der Waals surface area contributed by atoms with Gasteiger partial charge in [0.1, 0.15) is 0 Å². The number of rotatable bonds is 0. The molecule has 0 unspecified atom stereocenters. The van der Waals surface area contributed by atoms with Crippen molar-refractivity contribution in [3.8, 4) is 6.07 Å². The van der Waals surface area contributed by atoms with E-state index in [-0.39, 0.29) is 0 Å². The molecule has 40 valence electrons. The molecule has 0 saturated heterocycles. The van der Waals surface area contributed by atoms with Crippen molar-refractivity contribution in [3.05, 3.63) is 21.0 Å². The Morgan fingerprint density at radius 2 is 2.50 bits per heavy atom. The van der Waals surface area contributed by atoms with E-state index >= 15 is 0 Å². The zero-order chi connectivity index (χ0) is 5.98. The van der Waals surface area contributed by atoms with Crippen LogP contribution in [-0.2, 0) is 0 Å². The van der Waals surface area contributed by atoms with Crippen LogP contribution in [0.5, 0.6) is 0 Å². The maximum atomic E-state index is 8.39. The van der Waals surface area contributed by atoms with E-state index in [1.165, 1.54) is 4.44 Å². The Kier molecular flexibility index (Phi) is 1.53. The number of aryl methyl sites for hydroxylation is 1. The van der Waals surface area contributed by atoms with Crippen molar-refractivity contribution in [2.45, 2.75) is 6.92 Å². The van der Waals surface area contributed by atoms with Gasteiger partial charge in [0, 0.05) is 0 Å². The summed E-state index contributed by atoms with van der Waals surface area (Å²) in [5, 5.41) is 8.39. The molecule has 0 radical (unpaired) electrons. The van der Waals surface area contributed by atoms with Gasteiger partial charge in [0.05, 0.1) is 0 Å². The Balaban J connectivity index is 3.15. The van der Waals surface area contributed by atoms with Gasteiger partial charge in [-0.3, -0.25) is 0 Å². The molecule has 1 aromatic rings. The zero-order valence-corrected chi connectivity index (χ0v) is 6.22. The third kappa shape index (κ3) is 0.838. The summed E-state index contributed by atoms with van der Waals surface area (Å²) < 4.78 is 1.25. The van der Waals surface area contributed by atoms with Crippen LogP contribution in [0.1, 0.15) is 10.0 Å². The normalized spacial score (nSPS) is 8.50. The molecule has 0 N–H and O–H groups in total. The van der Waals surface area contributed by atoms with Crippen LogP contribution in [0.4, 0.5) is 0 Å². The summed E-state index contributed by atoms with van der Waals surface area (Å²) in [6, 6.07) is 4.02. The van der Waals surface area contributed by atoms with E-state index in [2.05, 4.69) is 11.0 Å². The Hall–Kier alpha value is -0.511. The van der Waals surface area contributed by atoms with Crippen molar-refractivity contribution in [2.24, 2.45) is 0 Å². The molecule has 0 aliphatic carbocycles. The van der Waals surface area contributed by atoms with Crippen molar-refractivity contribution in [2.75, 3.05) is 0 Å². The van der Waals surface area contributed by atoms with Gasteiger partial charge >= 0.3 is 53.8 Å². The minimum atomic E-state index is 0.477. The van der Waals surface area contributed by atoms with E-state index in [1.54, 1.807) is 0 Å². The topological polar surface area (TPSA) is 23.8 Å². The third-order valence-electron chi connectivity index (χ3n) is 0.979. The molecule has 0 amide bonds. The minimum absolute atomic E-state index is 0.477. The number of nitrogens with zero attached hydrogens (tertiary/aromatic N) is 1. The number of nitriles is 1. The second-order valence-corrected chi connectivity index (χ2v) is 3.85. The van der Waals surface area contributed by atoms with Crippen LogP contribution in [0.2, 0.25) is 0 Å². The quantitative estimate of drug-likeness (QED) is 0.531. The summed E-state index contributed by atoms with van der Waals surface area (Å²) in [5.74, 6) is 0. The predicted octanol–water partition coefficient (Wildman–Crippen LogP) is 0.924. The first-order valence-corrected chi connectivity index (χ1v) is 4.13. The third-order valence-corrected chi connectivity index (χ3v) is 2.75. The molecular weight excluding hydrogens is 165 g/mol. The molecule has 0 aliphatic rings. The van der Waals surface area contributed by atoms with Crippen LogP contribution in [0.15, 0.2) is 11.0 Å². The molecule has 0 bridgehead atoms. The standard InChI is InChI=1S/C6H5NSe/c1-5-6(4-7)2-3-8-5/h2-3H,1H3. The van der Waals surface area contributed by atoms with Crippen LogP contribution in [0, 0.1) is 18.3 Å². The molecule has 1 nitrogen and oxygen atoms in total. The molecule has 0 aromatic carbocycles. The van der Waals surface area contributed by atoms with Gasteiger partial charge in [-0.05, 0) is 0 Å². The SMILES string of the molecule is Cc1[se]ccc1C#N. The second-order valence-electron chi connectivity index (χ2n) is 1.50. The fourth-order valence-corrected chi connectivity index (χ4v) is 1.86. The molecule has 8 heavy (non-hydrogen) atoms. The van der Waals surface area contributed by atoms with Crippen LogP contribution in [0.25, 0.3) is 0 Å². The van der Waals surface area contributed by atoms with Gasteiger partial charge in [-0.2, -0.15) is 0 Å². The summed E-state index contributed by atoms with van der Waals surface area (Å²) in [4.78, 5) is 2.07. The molecule has 0 aliphatic heterocycles. The molecular formula is C6H5NSe. The second kappa shape index (κ2) is 2.17. The van der Waals surface area contributed by atoms with E-state index < -0.39 is 0 Å². The Labute approximate surface area is 54.3 Å². The monoisotopic (exact) mass is 171 g/mol. The Morgan fingerprint density at radius 1 is 1.75 bits per heavy atom. The Morgan fingerprint density at radius 3 is 2.75 bits per heavy atom. The zero-order valence-electron chi connectivity index (χ0n) is 4.51. The fourth-order valence-electron chi connectivity index (χ4n) is 0.501. The molecule has 0 atom stereocenters. The van der Waals surface area contributed by atoms with E-state index in [9.17, 15) is 0 Å².